The maximum atomic E-state index is 11.6. The maximum Gasteiger partial charge on any atom is 0.220 e. The van der Waals surface area contributed by atoms with E-state index < -0.39 is 0 Å². The van der Waals surface area contributed by atoms with Crippen LogP contribution in [0.4, 0.5) is 0 Å². The van der Waals surface area contributed by atoms with Gasteiger partial charge in [0.15, 0.2) is 0 Å². The number of carbonyl (C=O) groups excluding carboxylic acids is 1. The molecular weight excluding hydrogens is 200 g/mol. The van der Waals surface area contributed by atoms with Crippen LogP contribution in [-0.4, -0.2) is 18.0 Å². The van der Waals surface area contributed by atoms with Gasteiger partial charge in [0.1, 0.15) is 0 Å². The quantitative estimate of drug-likeness (QED) is 0.666. The number of hydrogen-bond acceptors (Lipinski definition) is 2. The topological polar surface area (TPSA) is 55.1 Å². The van der Waals surface area contributed by atoms with Crippen molar-refractivity contribution in [1.29, 1.82) is 0 Å². The van der Waals surface area contributed by atoms with Crippen LogP contribution >= 0.6 is 0 Å². The molecule has 1 aliphatic rings. The molecule has 0 aliphatic heterocycles. The van der Waals surface area contributed by atoms with Crippen LogP contribution in [0.1, 0.15) is 58.8 Å². The highest BCUT2D eigenvalue weighted by Gasteiger charge is 2.25. The molecule has 3 N–H and O–H groups in total. The van der Waals surface area contributed by atoms with Gasteiger partial charge < -0.3 is 11.1 Å². The van der Waals surface area contributed by atoms with Gasteiger partial charge in [-0.05, 0) is 38.5 Å². The monoisotopic (exact) mass is 226 g/mol. The summed E-state index contributed by atoms with van der Waals surface area (Å²) < 4.78 is 0. The summed E-state index contributed by atoms with van der Waals surface area (Å²) in [7, 11) is 0. The molecule has 0 aromatic rings. The fraction of sp³-hybridized carbons (Fsp3) is 0.923. The minimum atomic E-state index is 0.202. The first-order chi connectivity index (χ1) is 7.61. The minimum Gasteiger partial charge on any atom is -0.353 e. The van der Waals surface area contributed by atoms with Gasteiger partial charge in [0.05, 0.1) is 0 Å². The van der Waals surface area contributed by atoms with Gasteiger partial charge in [-0.15, -0.1) is 0 Å². The molecule has 1 saturated carbocycles. The third-order valence-electron chi connectivity index (χ3n) is 3.24. The molecule has 3 nitrogen and oxygen atoms in total. The molecule has 16 heavy (non-hydrogen) atoms. The Morgan fingerprint density at radius 3 is 2.69 bits per heavy atom. The van der Waals surface area contributed by atoms with Gasteiger partial charge in [0, 0.05) is 18.5 Å². The highest BCUT2D eigenvalue weighted by molar-refractivity contribution is 5.76. The highest BCUT2D eigenvalue weighted by Crippen LogP contribution is 2.34. The Bertz CT molecular complexity index is 212. The number of rotatable bonds is 8. The lowest BCUT2D eigenvalue weighted by molar-refractivity contribution is -0.122. The van der Waals surface area contributed by atoms with Crippen LogP contribution in [0.5, 0.6) is 0 Å². The lowest BCUT2D eigenvalue weighted by Crippen LogP contribution is -2.34. The molecule has 1 fully saturated rings. The van der Waals surface area contributed by atoms with Gasteiger partial charge in [0.2, 0.25) is 5.91 Å². The van der Waals surface area contributed by atoms with Crippen LogP contribution in [0, 0.1) is 5.92 Å². The molecule has 2 unspecified atom stereocenters. The number of nitrogens with two attached hydrogens (primary N) is 1. The van der Waals surface area contributed by atoms with Crippen LogP contribution < -0.4 is 11.1 Å². The van der Waals surface area contributed by atoms with Crippen molar-refractivity contribution < 1.29 is 4.79 Å². The van der Waals surface area contributed by atoms with E-state index in [-0.39, 0.29) is 11.9 Å². The Morgan fingerprint density at radius 1 is 1.50 bits per heavy atom. The Morgan fingerprint density at radius 2 is 2.19 bits per heavy atom. The van der Waals surface area contributed by atoms with Crippen LogP contribution in [0.25, 0.3) is 0 Å². The molecule has 3 heteroatoms. The normalized spacial score (nSPS) is 19.2. The molecule has 1 aliphatic carbocycles. The van der Waals surface area contributed by atoms with Crippen molar-refractivity contribution >= 4 is 5.91 Å². The van der Waals surface area contributed by atoms with Crippen molar-refractivity contribution in [3.05, 3.63) is 0 Å². The standard InChI is InChI=1S/C13H26N2O/c1-3-12(9-11-7-8-11)15-13(16)6-4-5-10(2)14/h10-12H,3-9,14H2,1-2H3,(H,15,16). The van der Waals surface area contributed by atoms with Crippen molar-refractivity contribution in [1.82, 2.24) is 5.32 Å². The van der Waals surface area contributed by atoms with Gasteiger partial charge in [0.25, 0.3) is 0 Å². The second-order valence-electron chi connectivity index (χ2n) is 5.22. The summed E-state index contributed by atoms with van der Waals surface area (Å²) in [6, 6.07) is 0.608. The van der Waals surface area contributed by atoms with Crippen LogP contribution in [0.3, 0.4) is 0 Å². The van der Waals surface area contributed by atoms with E-state index in [0.717, 1.165) is 25.2 Å². The SMILES string of the molecule is CCC(CC1CC1)NC(=O)CCCC(C)N. The molecule has 0 saturated heterocycles. The van der Waals surface area contributed by atoms with E-state index in [1.54, 1.807) is 0 Å². The zero-order valence-electron chi connectivity index (χ0n) is 10.7. The van der Waals surface area contributed by atoms with Crippen LogP contribution in [0.15, 0.2) is 0 Å². The van der Waals surface area contributed by atoms with E-state index >= 15 is 0 Å². The fourth-order valence-electron chi connectivity index (χ4n) is 1.97. The third-order valence-corrected chi connectivity index (χ3v) is 3.24. The van der Waals surface area contributed by atoms with E-state index in [1.165, 1.54) is 19.3 Å². The third kappa shape index (κ3) is 6.11. The minimum absolute atomic E-state index is 0.202. The lowest BCUT2D eigenvalue weighted by atomic mass is 10.1. The smallest absolute Gasteiger partial charge is 0.220 e. The fourth-order valence-corrected chi connectivity index (χ4v) is 1.97. The molecular formula is C13H26N2O. The molecule has 0 bridgehead atoms. The second-order valence-corrected chi connectivity index (χ2v) is 5.22. The molecule has 1 rings (SSSR count). The predicted octanol–water partition coefficient (Wildman–Crippen LogP) is 2.20. The summed E-state index contributed by atoms with van der Waals surface area (Å²) in [5.41, 5.74) is 5.65. The largest absolute Gasteiger partial charge is 0.353 e. The zero-order valence-corrected chi connectivity index (χ0v) is 10.7. The van der Waals surface area contributed by atoms with Crippen molar-refractivity contribution in [3.8, 4) is 0 Å². The molecule has 0 aromatic heterocycles. The summed E-state index contributed by atoms with van der Waals surface area (Å²) in [6.45, 7) is 4.13. The molecule has 0 aromatic carbocycles. The molecule has 1 amide bonds. The average Bonchev–Trinajstić information content (AvgIpc) is 3.00. The highest BCUT2D eigenvalue weighted by atomic mass is 16.1. The summed E-state index contributed by atoms with van der Waals surface area (Å²) >= 11 is 0. The second kappa shape index (κ2) is 6.89. The first kappa shape index (κ1) is 13.5. The van der Waals surface area contributed by atoms with E-state index in [9.17, 15) is 4.79 Å². The van der Waals surface area contributed by atoms with E-state index in [0.29, 0.717) is 12.5 Å². The van der Waals surface area contributed by atoms with Gasteiger partial charge in [-0.2, -0.15) is 0 Å². The molecule has 94 valence electrons. The molecule has 0 spiro atoms. The van der Waals surface area contributed by atoms with Crippen molar-refractivity contribution in [2.24, 2.45) is 11.7 Å². The van der Waals surface area contributed by atoms with E-state index in [2.05, 4.69) is 12.2 Å². The summed E-state index contributed by atoms with van der Waals surface area (Å²) in [5, 5.41) is 3.13. The number of hydrogen-bond donors (Lipinski definition) is 2. The molecule has 2 atom stereocenters. The van der Waals surface area contributed by atoms with Gasteiger partial charge in [-0.1, -0.05) is 19.8 Å². The Balaban J connectivity index is 2.10. The Labute approximate surface area is 99.2 Å². The number of amides is 1. The average molecular weight is 226 g/mol. The van der Waals surface area contributed by atoms with Gasteiger partial charge in [-0.25, -0.2) is 0 Å². The maximum absolute atomic E-state index is 11.6. The van der Waals surface area contributed by atoms with Crippen LogP contribution in [0.2, 0.25) is 0 Å². The molecule has 0 radical (unpaired) electrons. The number of nitrogens with one attached hydrogen (secondary N) is 1. The van der Waals surface area contributed by atoms with Crippen LogP contribution in [-0.2, 0) is 4.79 Å². The predicted molar refractivity (Wildman–Crippen MR) is 67.1 cm³/mol. The van der Waals surface area contributed by atoms with Gasteiger partial charge in [-0.3, -0.25) is 4.79 Å². The van der Waals surface area contributed by atoms with Crippen molar-refractivity contribution in [3.63, 3.8) is 0 Å². The lowest BCUT2D eigenvalue weighted by Gasteiger charge is -2.16. The van der Waals surface area contributed by atoms with Gasteiger partial charge >= 0.3 is 0 Å². The summed E-state index contributed by atoms with van der Waals surface area (Å²) in [4.78, 5) is 11.6. The van der Waals surface area contributed by atoms with E-state index in [4.69, 9.17) is 5.73 Å². The molecule has 0 heterocycles. The summed E-state index contributed by atoms with van der Waals surface area (Å²) in [5.74, 6) is 1.09. The zero-order chi connectivity index (χ0) is 12.0. The summed E-state index contributed by atoms with van der Waals surface area (Å²) in [6.07, 6.45) is 7.41. The Hall–Kier alpha value is -0.570. The van der Waals surface area contributed by atoms with E-state index in [1.807, 2.05) is 6.92 Å². The van der Waals surface area contributed by atoms with Crippen molar-refractivity contribution in [2.45, 2.75) is 70.9 Å². The van der Waals surface area contributed by atoms with Crippen molar-refractivity contribution in [2.75, 3.05) is 0 Å². The first-order valence-corrected chi connectivity index (χ1v) is 6.66. The number of carbonyl (C=O) groups is 1. The Kier molecular flexibility index (Phi) is 5.81. The first-order valence-electron chi connectivity index (χ1n) is 6.66.